The standard InChI is InChI=1S/C31H33ClN6O4/c32-26-16-23(42-22-4-2-1-3-5-22)6-7-24(26)28(39)25-17-33-29-27(25)30(35-19-34-29)36-21-10-12-37(13-11-21)18-20-8-14-38(15-9-20)31(40)41/h1-7,16-17,19-21H,8-15,18H2,(H,40,41)(H2,33,34,35,36). The number of aromatic amines is 1. The van der Waals surface area contributed by atoms with Crippen molar-refractivity contribution in [2.24, 2.45) is 5.92 Å². The quantitative estimate of drug-likeness (QED) is 0.217. The highest BCUT2D eigenvalue weighted by Crippen LogP contribution is 2.32. The lowest BCUT2D eigenvalue weighted by molar-refractivity contribution is 0.103. The maximum Gasteiger partial charge on any atom is 0.407 e. The molecule has 4 aromatic rings. The van der Waals surface area contributed by atoms with Crippen LogP contribution in [-0.4, -0.2) is 80.5 Å². The molecule has 0 bridgehead atoms. The fourth-order valence-electron chi connectivity index (χ4n) is 5.89. The summed E-state index contributed by atoms with van der Waals surface area (Å²) in [7, 11) is 0. The molecule has 2 aliphatic rings. The minimum absolute atomic E-state index is 0.212. The average Bonchev–Trinajstić information content (AvgIpc) is 3.44. The van der Waals surface area contributed by atoms with Crippen molar-refractivity contribution in [2.75, 3.05) is 38.0 Å². The van der Waals surface area contributed by atoms with Gasteiger partial charge in [0.1, 0.15) is 29.3 Å². The van der Waals surface area contributed by atoms with Crippen molar-refractivity contribution in [3.8, 4) is 11.5 Å². The summed E-state index contributed by atoms with van der Waals surface area (Å²) in [6.45, 7) is 4.16. The number of nitrogens with zero attached hydrogens (tertiary/aromatic N) is 4. The first-order valence-electron chi connectivity index (χ1n) is 14.3. The zero-order chi connectivity index (χ0) is 29.1. The van der Waals surface area contributed by atoms with E-state index in [4.69, 9.17) is 16.3 Å². The summed E-state index contributed by atoms with van der Waals surface area (Å²) < 4.78 is 5.86. The molecule has 0 aliphatic carbocycles. The summed E-state index contributed by atoms with van der Waals surface area (Å²) in [4.78, 5) is 40.8. The van der Waals surface area contributed by atoms with Crippen molar-refractivity contribution in [3.63, 3.8) is 0 Å². The molecule has 10 nitrogen and oxygen atoms in total. The van der Waals surface area contributed by atoms with Crippen LogP contribution in [0.4, 0.5) is 10.6 Å². The second-order valence-electron chi connectivity index (χ2n) is 11.0. The highest BCUT2D eigenvalue weighted by Gasteiger charge is 2.27. The van der Waals surface area contributed by atoms with Gasteiger partial charge in [0.2, 0.25) is 0 Å². The van der Waals surface area contributed by atoms with Crippen molar-refractivity contribution in [1.29, 1.82) is 0 Å². The van der Waals surface area contributed by atoms with Crippen LogP contribution in [0, 0.1) is 5.92 Å². The van der Waals surface area contributed by atoms with Gasteiger partial charge in [-0.25, -0.2) is 14.8 Å². The van der Waals surface area contributed by atoms with E-state index in [2.05, 4.69) is 25.2 Å². The maximum atomic E-state index is 13.7. The van der Waals surface area contributed by atoms with E-state index in [-0.39, 0.29) is 11.8 Å². The van der Waals surface area contributed by atoms with Crippen LogP contribution < -0.4 is 10.1 Å². The van der Waals surface area contributed by atoms with E-state index in [1.807, 2.05) is 30.3 Å². The van der Waals surface area contributed by atoms with Crippen molar-refractivity contribution in [3.05, 3.63) is 77.2 Å². The predicted octanol–water partition coefficient (Wildman–Crippen LogP) is 5.90. The van der Waals surface area contributed by atoms with Crippen molar-refractivity contribution in [1.82, 2.24) is 24.8 Å². The number of rotatable bonds is 8. The molecule has 2 aliphatic heterocycles. The Balaban J connectivity index is 1.11. The van der Waals surface area contributed by atoms with Gasteiger partial charge in [0, 0.05) is 56.6 Å². The number of anilines is 1. The number of hydrogen-bond acceptors (Lipinski definition) is 7. The molecule has 4 heterocycles. The normalized spacial score (nSPS) is 16.9. The van der Waals surface area contributed by atoms with E-state index in [0.29, 0.717) is 63.5 Å². The number of nitrogens with one attached hydrogen (secondary N) is 2. The Hall–Kier alpha value is -4.15. The van der Waals surface area contributed by atoms with Gasteiger partial charge < -0.3 is 29.9 Å². The Morgan fingerprint density at radius 1 is 0.976 bits per heavy atom. The number of piperidine rings is 2. The van der Waals surface area contributed by atoms with E-state index in [9.17, 15) is 14.7 Å². The Labute approximate surface area is 248 Å². The molecule has 3 N–H and O–H groups in total. The number of ether oxygens (including phenoxy) is 1. The van der Waals surface area contributed by atoms with E-state index >= 15 is 0 Å². The summed E-state index contributed by atoms with van der Waals surface area (Å²) >= 11 is 6.57. The average molecular weight is 589 g/mol. The molecule has 6 rings (SSSR count). The summed E-state index contributed by atoms with van der Waals surface area (Å²) in [5, 5.41) is 13.7. The first-order valence-corrected chi connectivity index (χ1v) is 14.7. The molecule has 11 heteroatoms. The number of ketones is 1. The molecule has 0 radical (unpaired) electrons. The summed E-state index contributed by atoms with van der Waals surface area (Å²) in [5.41, 5.74) is 1.41. The van der Waals surface area contributed by atoms with Crippen LogP contribution in [0.1, 0.15) is 41.6 Å². The lowest BCUT2D eigenvalue weighted by Crippen LogP contribution is -2.44. The van der Waals surface area contributed by atoms with Crippen LogP contribution in [-0.2, 0) is 0 Å². The number of aromatic nitrogens is 3. The van der Waals surface area contributed by atoms with Gasteiger partial charge in [0.25, 0.3) is 0 Å². The van der Waals surface area contributed by atoms with Gasteiger partial charge in [-0.2, -0.15) is 0 Å². The number of fused-ring (bicyclic) bond motifs is 1. The highest BCUT2D eigenvalue weighted by atomic mass is 35.5. The molecular formula is C31H33ClN6O4. The minimum Gasteiger partial charge on any atom is -0.465 e. The zero-order valence-corrected chi connectivity index (χ0v) is 23.9. The first kappa shape index (κ1) is 28.0. The molecule has 218 valence electrons. The number of carboxylic acid groups (broad SMARTS) is 1. The summed E-state index contributed by atoms with van der Waals surface area (Å²) in [6, 6.07) is 14.7. The lowest BCUT2D eigenvalue weighted by atomic mass is 9.95. The van der Waals surface area contributed by atoms with Crippen LogP contribution in [0.3, 0.4) is 0 Å². The van der Waals surface area contributed by atoms with Crippen LogP contribution in [0.25, 0.3) is 11.0 Å². The van der Waals surface area contributed by atoms with Crippen molar-refractivity contribution < 1.29 is 19.4 Å². The molecule has 2 fully saturated rings. The van der Waals surface area contributed by atoms with Crippen LogP contribution in [0.5, 0.6) is 11.5 Å². The number of likely N-dealkylation sites (tertiary alicyclic amines) is 2. The Bertz CT molecular complexity index is 1560. The lowest BCUT2D eigenvalue weighted by Gasteiger charge is -2.37. The molecule has 2 saturated heterocycles. The van der Waals surface area contributed by atoms with Gasteiger partial charge in [0.05, 0.1) is 16.0 Å². The van der Waals surface area contributed by atoms with Gasteiger partial charge in [-0.3, -0.25) is 4.79 Å². The number of carbonyl (C=O) groups is 2. The SMILES string of the molecule is O=C(c1ccc(Oc2ccccc2)cc1Cl)c1c[nH]c2ncnc(NC3CCN(CC4CCN(C(=O)O)CC4)CC3)c12. The molecular weight excluding hydrogens is 556 g/mol. The number of para-hydroxylation sites is 1. The van der Waals surface area contributed by atoms with E-state index in [0.717, 1.165) is 45.3 Å². The monoisotopic (exact) mass is 588 g/mol. The third-order valence-electron chi connectivity index (χ3n) is 8.21. The predicted molar refractivity (Wildman–Crippen MR) is 161 cm³/mol. The molecule has 2 aromatic heterocycles. The van der Waals surface area contributed by atoms with Crippen LogP contribution in [0.2, 0.25) is 5.02 Å². The number of benzene rings is 2. The van der Waals surface area contributed by atoms with Gasteiger partial charge in [0.15, 0.2) is 5.78 Å². The van der Waals surface area contributed by atoms with Gasteiger partial charge >= 0.3 is 6.09 Å². The van der Waals surface area contributed by atoms with Crippen molar-refractivity contribution >= 4 is 40.3 Å². The number of halogens is 1. The molecule has 42 heavy (non-hydrogen) atoms. The second kappa shape index (κ2) is 12.4. The Kier molecular flexibility index (Phi) is 8.25. The third-order valence-corrected chi connectivity index (χ3v) is 8.52. The number of carbonyl (C=O) groups excluding carboxylic acids is 1. The number of hydrogen-bond donors (Lipinski definition) is 3. The topological polar surface area (TPSA) is 124 Å². The molecule has 2 aromatic carbocycles. The molecule has 0 unspecified atom stereocenters. The molecule has 0 saturated carbocycles. The minimum atomic E-state index is -0.819. The first-order chi connectivity index (χ1) is 20.4. The van der Waals surface area contributed by atoms with E-state index in [1.165, 1.54) is 11.2 Å². The molecule has 0 spiro atoms. The van der Waals surface area contributed by atoms with Crippen LogP contribution >= 0.6 is 11.6 Å². The maximum absolute atomic E-state index is 13.7. The number of amides is 1. The molecule has 1 amide bonds. The second-order valence-corrected chi connectivity index (χ2v) is 11.4. The molecule has 0 atom stereocenters. The smallest absolute Gasteiger partial charge is 0.407 e. The highest BCUT2D eigenvalue weighted by molar-refractivity contribution is 6.35. The largest absolute Gasteiger partial charge is 0.465 e. The number of H-pyrrole nitrogens is 1. The zero-order valence-electron chi connectivity index (χ0n) is 23.1. The Morgan fingerprint density at radius 2 is 1.74 bits per heavy atom. The van der Waals surface area contributed by atoms with Gasteiger partial charge in [-0.15, -0.1) is 0 Å². The summed E-state index contributed by atoms with van der Waals surface area (Å²) in [6.07, 6.45) is 6.07. The van der Waals surface area contributed by atoms with Crippen LogP contribution in [0.15, 0.2) is 61.1 Å². The fraction of sp³-hybridized carbons (Fsp3) is 0.355. The third kappa shape index (κ3) is 6.19. The van der Waals surface area contributed by atoms with Gasteiger partial charge in [-0.05, 0) is 55.9 Å². The summed E-state index contributed by atoms with van der Waals surface area (Å²) in [5.74, 6) is 2.17. The fourth-order valence-corrected chi connectivity index (χ4v) is 6.15. The van der Waals surface area contributed by atoms with E-state index in [1.54, 1.807) is 24.4 Å². The Morgan fingerprint density at radius 3 is 2.45 bits per heavy atom. The van der Waals surface area contributed by atoms with Crippen molar-refractivity contribution in [2.45, 2.75) is 31.7 Å². The van der Waals surface area contributed by atoms with E-state index < -0.39 is 6.09 Å². The van der Waals surface area contributed by atoms with Gasteiger partial charge in [-0.1, -0.05) is 29.8 Å².